The minimum atomic E-state index is -0.371. The average Bonchev–Trinajstić information content (AvgIpc) is 2.63. The molecule has 1 aromatic rings. The summed E-state index contributed by atoms with van der Waals surface area (Å²) in [6.45, 7) is 1.45. The fourth-order valence-electron chi connectivity index (χ4n) is 3.33. The van der Waals surface area contributed by atoms with Crippen molar-refractivity contribution in [2.45, 2.75) is 32.1 Å². The minimum Gasteiger partial charge on any atom is -0.511 e. The summed E-state index contributed by atoms with van der Waals surface area (Å²) in [5.41, 5.74) is 1.10. The molecule has 1 aliphatic heterocycles. The number of anilines is 1. The Morgan fingerprint density at radius 1 is 1.31 bits per heavy atom. The zero-order valence-corrected chi connectivity index (χ0v) is 14.3. The van der Waals surface area contributed by atoms with Crippen molar-refractivity contribution in [2.24, 2.45) is 0 Å². The van der Waals surface area contributed by atoms with Crippen LogP contribution >= 0.6 is 0 Å². The van der Waals surface area contributed by atoms with Crippen LogP contribution in [0.15, 0.2) is 29.5 Å². The van der Waals surface area contributed by atoms with E-state index in [9.17, 15) is 19.5 Å². The van der Waals surface area contributed by atoms with Gasteiger partial charge < -0.3 is 9.84 Å². The van der Waals surface area contributed by atoms with Crippen LogP contribution in [0.5, 0.6) is 5.75 Å². The van der Waals surface area contributed by atoms with Crippen LogP contribution in [0.4, 0.5) is 5.69 Å². The number of aliphatic hydroxyl groups is 1. The maximum Gasteiger partial charge on any atom is 0.265 e. The Hall–Kier alpha value is -3.14. The third-order valence-electron chi connectivity index (χ3n) is 4.67. The molecule has 0 atom stereocenters. The van der Waals surface area contributed by atoms with Gasteiger partial charge in [-0.1, -0.05) is 13.0 Å². The number of hydrogen-bond donors (Lipinski definition) is 1. The highest BCUT2D eigenvalue weighted by Gasteiger charge is 2.34. The lowest BCUT2D eigenvalue weighted by Crippen LogP contribution is -2.39. The Balaban J connectivity index is 1.93. The molecule has 1 aliphatic carbocycles. The summed E-state index contributed by atoms with van der Waals surface area (Å²) in [5.74, 6) is -1.07. The van der Waals surface area contributed by atoms with Crippen molar-refractivity contribution >= 4 is 23.2 Å². The molecule has 7 nitrogen and oxygen atoms in total. The van der Waals surface area contributed by atoms with Crippen molar-refractivity contribution < 1.29 is 24.2 Å². The number of aliphatic hydroxyl groups excluding tert-OH is 1. The van der Waals surface area contributed by atoms with Crippen LogP contribution in [-0.4, -0.2) is 35.7 Å². The molecule has 1 fully saturated rings. The van der Waals surface area contributed by atoms with Gasteiger partial charge in [-0.05, 0) is 23.6 Å². The lowest BCUT2D eigenvalue weighted by atomic mass is 9.79. The van der Waals surface area contributed by atoms with Crippen LogP contribution in [0.3, 0.4) is 0 Å². The second-order valence-corrected chi connectivity index (χ2v) is 6.28. The number of amides is 1. The largest absolute Gasteiger partial charge is 0.511 e. The summed E-state index contributed by atoms with van der Waals surface area (Å²) in [6, 6.07) is 7.10. The number of carbonyl (C=O) groups excluding carboxylic acids is 3. The number of fused-ring (bicyclic) bond motifs is 1. The van der Waals surface area contributed by atoms with Gasteiger partial charge in [0.25, 0.3) is 5.91 Å². The standard InChI is InChI=1S/C19H18N2O5/c1-2-14(22)19-15(23)8-12(9-16(19)24)11-3-4-17-13(7-11)21(6-5-20)18(25)10-26-17/h3-4,7,12,22H,2,6,8-10H2,1H3. The molecule has 2 aliphatic rings. The summed E-state index contributed by atoms with van der Waals surface area (Å²) < 4.78 is 5.38. The molecule has 0 spiro atoms. The van der Waals surface area contributed by atoms with E-state index in [0.717, 1.165) is 5.56 Å². The van der Waals surface area contributed by atoms with E-state index in [0.29, 0.717) is 11.4 Å². The Labute approximate surface area is 150 Å². The number of ether oxygens (including phenoxy) is 1. The van der Waals surface area contributed by atoms with Crippen LogP contribution in [-0.2, 0) is 14.4 Å². The first-order valence-corrected chi connectivity index (χ1v) is 8.38. The second-order valence-electron chi connectivity index (χ2n) is 6.28. The van der Waals surface area contributed by atoms with Gasteiger partial charge in [0.05, 0.1) is 17.3 Å². The van der Waals surface area contributed by atoms with E-state index in [1.165, 1.54) is 4.90 Å². The molecule has 1 saturated carbocycles. The molecular formula is C19H18N2O5. The summed E-state index contributed by atoms with van der Waals surface area (Å²) in [7, 11) is 0. The molecule has 7 heteroatoms. The molecule has 0 unspecified atom stereocenters. The zero-order chi connectivity index (χ0) is 18.8. The van der Waals surface area contributed by atoms with Crippen molar-refractivity contribution in [2.75, 3.05) is 18.1 Å². The molecule has 1 aromatic carbocycles. The van der Waals surface area contributed by atoms with Crippen molar-refractivity contribution in [1.29, 1.82) is 5.26 Å². The van der Waals surface area contributed by atoms with E-state index < -0.39 is 0 Å². The first-order valence-electron chi connectivity index (χ1n) is 8.38. The number of benzene rings is 1. The van der Waals surface area contributed by atoms with Gasteiger partial charge in [-0.3, -0.25) is 19.3 Å². The van der Waals surface area contributed by atoms with Crippen molar-refractivity contribution in [3.05, 3.63) is 35.1 Å². The quantitative estimate of drug-likeness (QED) is 0.386. The third kappa shape index (κ3) is 3.06. The predicted octanol–water partition coefficient (Wildman–Crippen LogP) is 2.17. The molecule has 0 radical (unpaired) electrons. The summed E-state index contributed by atoms with van der Waals surface area (Å²) in [6.07, 6.45) is 0.451. The van der Waals surface area contributed by atoms with E-state index in [2.05, 4.69) is 0 Å². The number of Topliss-reactive ketones (excluding diaryl/α,β-unsaturated/α-hetero) is 2. The highest BCUT2D eigenvalue weighted by atomic mass is 16.5. The molecule has 1 amide bonds. The van der Waals surface area contributed by atoms with Crippen molar-refractivity contribution in [3.8, 4) is 11.8 Å². The molecule has 0 bridgehead atoms. The van der Waals surface area contributed by atoms with Gasteiger partial charge in [-0.2, -0.15) is 5.26 Å². The number of carbonyl (C=O) groups is 3. The van der Waals surface area contributed by atoms with E-state index in [1.54, 1.807) is 25.1 Å². The Bertz CT molecular complexity index is 845. The van der Waals surface area contributed by atoms with Gasteiger partial charge in [0.2, 0.25) is 0 Å². The molecule has 134 valence electrons. The van der Waals surface area contributed by atoms with Crippen molar-refractivity contribution in [3.63, 3.8) is 0 Å². The molecular weight excluding hydrogens is 336 g/mol. The van der Waals surface area contributed by atoms with Gasteiger partial charge in [0.15, 0.2) is 18.2 Å². The van der Waals surface area contributed by atoms with E-state index in [-0.39, 0.29) is 67.1 Å². The van der Waals surface area contributed by atoms with Gasteiger partial charge in [-0.25, -0.2) is 0 Å². The highest BCUT2D eigenvalue weighted by Crippen LogP contribution is 2.39. The maximum absolute atomic E-state index is 12.3. The number of ketones is 2. The van der Waals surface area contributed by atoms with Crippen LogP contribution in [0.2, 0.25) is 0 Å². The second kappa shape index (κ2) is 7.00. The van der Waals surface area contributed by atoms with Crippen LogP contribution in [0, 0.1) is 11.3 Å². The average molecular weight is 354 g/mol. The summed E-state index contributed by atoms with van der Waals surface area (Å²) >= 11 is 0. The predicted molar refractivity (Wildman–Crippen MR) is 91.8 cm³/mol. The van der Waals surface area contributed by atoms with E-state index in [1.807, 2.05) is 6.07 Å². The molecule has 26 heavy (non-hydrogen) atoms. The lowest BCUT2D eigenvalue weighted by Gasteiger charge is -2.29. The van der Waals surface area contributed by atoms with Gasteiger partial charge in [0.1, 0.15) is 18.1 Å². The number of rotatable bonds is 3. The van der Waals surface area contributed by atoms with Crippen molar-refractivity contribution in [1.82, 2.24) is 0 Å². The zero-order valence-electron chi connectivity index (χ0n) is 14.3. The fourth-order valence-corrected chi connectivity index (χ4v) is 3.33. The van der Waals surface area contributed by atoms with Crippen LogP contribution < -0.4 is 9.64 Å². The fraction of sp³-hybridized carbons (Fsp3) is 0.368. The van der Waals surface area contributed by atoms with Crippen LogP contribution in [0.25, 0.3) is 0 Å². The SMILES string of the molecule is CCC(O)=C1C(=O)CC(c2ccc3c(c2)N(CC#N)C(=O)CO3)CC1=O. The first kappa shape index (κ1) is 17.7. The molecule has 1 N–H and O–H groups in total. The Kier molecular flexibility index (Phi) is 4.76. The van der Waals surface area contributed by atoms with E-state index in [4.69, 9.17) is 10.00 Å². The third-order valence-corrected chi connectivity index (χ3v) is 4.67. The molecule has 0 saturated heterocycles. The summed E-state index contributed by atoms with van der Waals surface area (Å²) in [5, 5.41) is 18.8. The first-order chi connectivity index (χ1) is 12.5. The lowest BCUT2D eigenvalue weighted by molar-refractivity contribution is -0.125. The summed E-state index contributed by atoms with van der Waals surface area (Å²) in [4.78, 5) is 38.0. The minimum absolute atomic E-state index is 0.0914. The number of nitriles is 1. The number of hydrogen-bond acceptors (Lipinski definition) is 6. The Morgan fingerprint density at radius 3 is 2.62 bits per heavy atom. The Morgan fingerprint density at radius 2 is 2.00 bits per heavy atom. The van der Waals surface area contributed by atoms with Gasteiger partial charge in [0, 0.05) is 19.3 Å². The normalized spacial score (nSPS) is 19.7. The van der Waals surface area contributed by atoms with Gasteiger partial charge in [-0.15, -0.1) is 0 Å². The molecule has 0 aromatic heterocycles. The molecule has 1 heterocycles. The maximum atomic E-state index is 12.3. The number of allylic oxidation sites excluding steroid dienone is 2. The topological polar surface area (TPSA) is 108 Å². The van der Waals surface area contributed by atoms with Gasteiger partial charge >= 0.3 is 0 Å². The monoisotopic (exact) mass is 354 g/mol. The highest BCUT2D eigenvalue weighted by molar-refractivity contribution is 6.22. The van der Waals surface area contributed by atoms with Crippen LogP contribution in [0.1, 0.15) is 37.7 Å². The smallest absolute Gasteiger partial charge is 0.265 e. The molecule has 3 rings (SSSR count). The van der Waals surface area contributed by atoms with E-state index >= 15 is 0 Å². The number of nitrogens with zero attached hydrogens (tertiary/aromatic N) is 2.